The Hall–Kier alpha value is -1.36. The van der Waals surface area contributed by atoms with Crippen molar-refractivity contribution in [3.8, 4) is 0 Å². The van der Waals surface area contributed by atoms with Gasteiger partial charge >= 0.3 is 5.63 Å². The van der Waals surface area contributed by atoms with Gasteiger partial charge in [-0.25, -0.2) is 4.79 Å². The van der Waals surface area contributed by atoms with E-state index in [-0.39, 0.29) is 5.63 Å². The van der Waals surface area contributed by atoms with Gasteiger partial charge in [0, 0.05) is 49.2 Å². The Kier molecular flexibility index (Phi) is 4.26. The third kappa shape index (κ3) is 2.91. The summed E-state index contributed by atoms with van der Waals surface area (Å²) in [6, 6.07) is 3.47. The summed E-state index contributed by atoms with van der Waals surface area (Å²) in [4.78, 5) is 16.6. The highest BCUT2D eigenvalue weighted by molar-refractivity contribution is 6.33. The standard InChI is InChI=1S/C17H21ClN2O2/c1-11-8-14-16(12(2)17(11)18)13(9-15(21)22-14)10-20-6-4-19(3)5-7-20/h8-9H,4-7,10H2,1-3H3. The number of rotatable bonds is 2. The van der Waals surface area contributed by atoms with Crippen LogP contribution < -0.4 is 5.63 Å². The van der Waals surface area contributed by atoms with E-state index in [1.807, 2.05) is 19.9 Å². The van der Waals surface area contributed by atoms with Gasteiger partial charge in [0.25, 0.3) is 0 Å². The summed E-state index contributed by atoms with van der Waals surface area (Å²) in [5.74, 6) is 0. The van der Waals surface area contributed by atoms with E-state index in [2.05, 4.69) is 16.8 Å². The first-order valence-electron chi connectivity index (χ1n) is 7.59. The fourth-order valence-corrected chi connectivity index (χ4v) is 3.27. The molecule has 0 bridgehead atoms. The Labute approximate surface area is 135 Å². The fourth-order valence-electron chi connectivity index (χ4n) is 3.13. The number of aryl methyl sites for hydroxylation is 2. The largest absolute Gasteiger partial charge is 0.423 e. The van der Waals surface area contributed by atoms with Crippen molar-refractivity contribution in [2.45, 2.75) is 20.4 Å². The minimum absolute atomic E-state index is 0.294. The van der Waals surface area contributed by atoms with Crippen LogP contribution in [0.3, 0.4) is 0 Å². The molecule has 118 valence electrons. The average Bonchev–Trinajstić information content (AvgIpc) is 2.46. The maximum Gasteiger partial charge on any atom is 0.336 e. The van der Waals surface area contributed by atoms with Gasteiger partial charge in [0.15, 0.2) is 0 Å². The minimum Gasteiger partial charge on any atom is -0.423 e. The van der Waals surface area contributed by atoms with Crippen molar-refractivity contribution in [3.05, 3.63) is 44.3 Å². The Morgan fingerprint density at radius 3 is 2.55 bits per heavy atom. The SMILES string of the molecule is Cc1cc2oc(=O)cc(CN3CCN(C)CC3)c2c(C)c1Cl. The first-order valence-corrected chi connectivity index (χ1v) is 7.97. The van der Waals surface area contributed by atoms with Crippen molar-refractivity contribution >= 4 is 22.6 Å². The lowest BCUT2D eigenvalue weighted by Gasteiger charge is -2.32. The zero-order valence-electron chi connectivity index (χ0n) is 13.3. The molecule has 1 fully saturated rings. The molecule has 0 N–H and O–H groups in total. The number of benzene rings is 1. The van der Waals surface area contributed by atoms with Crippen LogP contribution in [0.15, 0.2) is 21.3 Å². The van der Waals surface area contributed by atoms with Crippen LogP contribution in [-0.4, -0.2) is 43.0 Å². The van der Waals surface area contributed by atoms with Crippen molar-refractivity contribution in [2.75, 3.05) is 33.2 Å². The number of hydrogen-bond acceptors (Lipinski definition) is 4. The summed E-state index contributed by atoms with van der Waals surface area (Å²) in [5.41, 5.74) is 3.28. The molecular weight excluding hydrogens is 300 g/mol. The molecule has 0 spiro atoms. The number of piperazine rings is 1. The van der Waals surface area contributed by atoms with E-state index in [4.69, 9.17) is 16.0 Å². The van der Waals surface area contributed by atoms with Crippen LogP contribution in [0.1, 0.15) is 16.7 Å². The predicted octanol–water partition coefficient (Wildman–Crippen LogP) is 2.81. The van der Waals surface area contributed by atoms with Crippen molar-refractivity contribution in [2.24, 2.45) is 0 Å². The van der Waals surface area contributed by atoms with Gasteiger partial charge in [0.2, 0.25) is 0 Å². The van der Waals surface area contributed by atoms with E-state index in [0.29, 0.717) is 5.58 Å². The molecule has 0 atom stereocenters. The van der Waals surface area contributed by atoms with Crippen LogP contribution in [-0.2, 0) is 6.54 Å². The summed E-state index contributed by atoms with van der Waals surface area (Å²) >= 11 is 6.39. The molecule has 5 heteroatoms. The Balaban J connectivity index is 2.05. The van der Waals surface area contributed by atoms with Crippen molar-refractivity contribution in [3.63, 3.8) is 0 Å². The second kappa shape index (κ2) is 6.03. The molecule has 0 amide bonds. The van der Waals surface area contributed by atoms with Gasteiger partial charge < -0.3 is 9.32 Å². The Morgan fingerprint density at radius 2 is 1.86 bits per heavy atom. The second-order valence-corrected chi connectivity index (χ2v) is 6.55. The van der Waals surface area contributed by atoms with Crippen LogP contribution in [0.5, 0.6) is 0 Å². The predicted molar refractivity (Wildman–Crippen MR) is 89.7 cm³/mol. The normalized spacial score (nSPS) is 17.3. The average molecular weight is 321 g/mol. The van der Waals surface area contributed by atoms with E-state index >= 15 is 0 Å². The molecule has 1 aliphatic heterocycles. The van der Waals surface area contributed by atoms with Gasteiger partial charge in [-0.2, -0.15) is 0 Å². The van der Waals surface area contributed by atoms with Crippen molar-refractivity contribution in [1.29, 1.82) is 0 Å². The van der Waals surface area contributed by atoms with Crippen LogP contribution in [0.2, 0.25) is 5.02 Å². The van der Waals surface area contributed by atoms with Crippen LogP contribution >= 0.6 is 11.6 Å². The van der Waals surface area contributed by atoms with Crippen LogP contribution in [0.4, 0.5) is 0 Å². The van der Waals surface area contributed by atoms with Gasteiger partial charge in [-0.05, 0) is 43.7 Å². The molecule has 1 aromatic carbocycles. The van der Waals surface area contributed by atoms with Gasteiger partial charge in [-0.15, -0.1) is 0 Å². The second-order valence-electron chi connectivity index (χ2n) is 6.18. The first-order chi connectivity index (χ1) is 10.5. The first kappa shape index (κ1) is 15.5. The minimum atomic E-state index is -0.294. The van der Waals surface area contributed by atoms with Crippen molar-refractivity contribution in [1.82, 2.24) is 9.80 Å². The van der Waals surface area contributed by atoms with E-state index in [9.17, 15) is 4.79 Å². The fraction of sp³-hybridized carbons (Fsp3) is 0.471. The molecular formula is C17H21ClN2O2. The number of nitrogens with zero attached hydrogens (tertiary/aromatic N) is 2. The molecule has 1 aromatic heterocycles. The molecule has 2 aromatic rings. The quantitative estimate of drug-likeness (QED) is 0.797. The third-order valence-corrected chi connectivity index (χ3v) is 5.04. The van der Waals surface area contributed by atoms with Gasteiger partial charge in [-0.3, -0.25) is 4.90 Å². The smallest absolute Gasteiger partial charge is 0.336 e. The van der Waals surface area contributed by atoms with Gasteiger partial charge in [0.05, 0.1) is 0 Å². The summed E-state index contributed by atoms with van der Waals surface area (Å²) in [5, 5.41) is 1.73. The summed E-state index contributed by atoms with van der Waals surface area (Å²) in [6.45, 7) is 8.81. The lowest BCUT2D eigenvalue weighted by molar-refractivity contribution is 0.148. The molecule has 1 aliphatic rings. The van der Waals surface area contributed by atoms with Crippen molar-refractivity contribution < 1.29 is 4.42 Å². The molecule has 2 heterocycles. The maximum absolute atomic E-state index is 11.9. The lowest BCUT2D eigenvalue weighted by atomic mass is 10.0. The molecule has 22 heavy (non-hydrogen) atoms. The molecule has 0 unspecified atom stereocenters. The topological polar surface area (TPSA) is 36.7 Å². The monoisotopic (exact) mass is 320 g/mol. The van der Waals surface area contributed by atoms with Gasteiger partial charge in [-0.1, -0.05) is 11.6 Å². The number of likely N-dealkylation sites (N-methyl/N-ethyl adjacent to an activating group) is 1. The highest BCUT2D eigenvalue weighted by Crippen LogP contribution is 2.31. The summed E-state index contributed by atoms with van der Waals surface area (Å²) in [7, 11) is 2.14. The zero-order chi connectivity index (χ0) is 15.9. The summed E-state index contributed by atoms with van der Waals surface area (Å²) < 4.78 is 5.38. The number of halogens is 1. The van der Waals surface area contributed by atoms with Crippen LogP contribution in [0, 0.1) is 13.8 Å². The van der Waals surface area contributed by atoms with Crippen LogP contribution in [0.25, 0.3) is 11.0 Å². The Morgan fingerprint density at radius 1 is 1.18 bits per heavy atom. The number of hydrogen-bond donors (Lipinski definition) is 0. The van der Waals surface area contributed by atoms with E-state index in [1.165, 1.54) is 0 Å². The third-order valence-electron chi connectivity index (χ3n) is 4.46. The Bertz CT molecular complexity index is 761. The highest BCUT2D eigenvalue weighted by atomic mass is 35.5. The zero-order valence-corrected chi connectivity index (χ0v) is 14.0. The highest BCUT2D eigenvalue weighted by Gasteiger charge is 2.18. The van der Waals surface area contributed by atoms with Gasteiger partial charge in [0.1, 0.15) is 5.58 Å². The number of fused-ring (bicyclic) bond motifs is 1. The maximum atomic E-state index is 11.9. The molecule has 0 radical (unpaired) electrons. The van der Waals surface area contributed by atoms with E-state index < -0.39 is 0 Å². The molecule has 4 nitrogen and oxygen atoms in total. The van der Waals surface area contributed by atoms with E-state index in [0.717, 1.165) is 59.8 Å². The van der Waals surface area contributed by atoms with E-state index in [1.54, 1.807) is 6.07 Å². The summed E-state index contributed by atoms with van der Waals surface area (Å²) in [6.07, 6.45) is 0. The lowest BCUT2D eigenvalue weighted by Crippen LogP contribution is -2.44. The molecule has 3 rings (SSSR count). The molecule has 1 saturated heterocycles. The molecule has 0 aliphatic carbocycles. The molecule has 0 saturated carbocycles.